The Morgan fingerprint density at radius 3 is 2.50 bits per heavy atom. The van der Waals surface area contributed by atoms with Crippen molar-refractivity contribution in [2.24, 2.45) is 4.99 Å². The molecule has 4 rings (SSSR count). The van der Waals surface area contributed by atoms with Gasteiger partial charge in [-0.2, -0.15) is 4.99 Å². The maximum Gasteiger partial charge on any atom is 0.248 e. The second-order valence-electron chi connectivity index (χ2n) is 7.00. The lowest BCUT2D eigenvalue weighted by Crippen LogP contribution is -2.16. The maximum atomic E-state index is 12.5. The number of aromatic nitrogens is 1. The molecule has 0 radical (unpaired) electrons. The minimum Gasteiger partial charge on any atom is -0.317 e. The van der Waals surface area contributed by atoms with Crippen molar-refractivity contribution >= 4 is 48.1 Å². The number of fused-ring (bicyclic) bond motifs is 3. The molecule has 1 heterocycles. The molecule has 0 saturated carbocycles. The summed E-state index contributed by atoms with van der Waals surface area (Å²) in [6.07, 6.45) is 0.351. The van der Waals surface area contributed by atoms with Gasteiger partial charge in [-0.05, 0) is 36.9 Å². The van der Waals surface area contributed by atoms with Crippen LogP contribution in [0.5, 0.6) is 0 Å². The summed E-state index contributed by atoms with van der Waals surface area (Å²) in [5, 5.41) is 2.29. The van der Waals surface area contributed by atoms with Crippen LogP contribution in [0.2, 0.25) is 0 Å². The highest BCUT2D eigenvalue weighted by Gasteiger charge is 2.15. The molecule has 0 unspecified atom stereocenters. The first-order chi connectivity index (χ1) is 14.5. The number of thiazole rings is 1. The van der Waals surface area contributed by atoms with Crippen LogP contribution in [0.25, 0.3) is 21.0 Å². The largest absolute Gasteiger partial charge is 0.317 e. The smallest absolute Gasteiger partial charge is 0.248 e. The van der Waals surface area contributed by atoms with Gasteiger partial charge in [-0.25, -0.2) is 8.42 Å². The van der Waals surface area contributed by atoms with Gasteiger partial charge in [0.05, 0.1) is 20.9 Å². The Morgan fingerprint density at radius 2 is 1.73 bits per heavy atom. The maximum absolute atomic E-state index is 12.5. The Morgan fingerprint density at radius 1 is 1.00 bits per heavy atom. The third kappa shape index (κ3) is 4.08. The van der Waals surface area contributed by atoms with Crippen molar-refractivity contribution in [2.45, 2.75) is 31.2 Å². The molecule has 154 valence electrons. The number of carbonyl (C=O) groups is 1. The van der Waals surface area contributed by atoms with Gasteiger partial charge in [-0.1, -0.05) is 59.9 Å². The molecule has 0 bridgehead atoms. The van der Waals surface area contributed by atoms with E-state index in [1.54, 1.807) is 30.3 Å². The summed E-state index contributed by atoms with van der Waals surface area (Å²) in [6.45, 7) is 2.73. The van der Waals surface area contributed by atoms with E-state index in [0.717, 1.165) is 21.0 Å². The summed E-state index contributed by atoms with van der Waals surface area (Å²) in [6, 6.07) is 20.6. The topological polar surface area (TPSA) is 68.5 Å². The van der Waals surface area contributed by atoms with Gasteiger partial charge in [-0.15, -0.1) is 0 Å². The van der Waals surface area contributed by atoms with Gasteiger partial charge in [0.1, 0.15) is 0 Å². The van der Waals surface area contributed by atoms with E-state index in [0.29, 0.717) is 11.3 Å². The summed E-state index contributed by atoms with van der Waals surface area (Å²) < 4.78 is 27.9. The highest BCUT2D eigenvalue weighted by Crippen LogP contribution is 2.27. The first kappa shape index (κ1) is 20.5. The van der Waals surface area contributed by atoms with Crippen molar-refractivity contribution in [1.29, 1.82) is 0 Å². The predicted molar refractivity (Wildman–Crippen MR) is 121 cm³/mol. The van der Waals surface area contributed by atoms with Gasteiger partial charge in [0, 0.05) is 18.4 Å². The van der Waals surface area contributed by atoms with Crippen molar-refractivity contribution in [3.05, 3.63) is 71.5 Å². The molecule has 0 aliphatic heterocycles. The molecule has 5 nitrogen and oxygen atoms in total. The zero-order valence-electron chi connectivity index (χ0n) is 16.6. The van der Waals surface area contributed by atoms with E-state index in [1.807, 2.05) is 23.6 Å². The first-order valence-electron chi connectivity index (χ1n) is 9.86. The molecule has 0 atom stereocenters. The second kappa shape index (κ2) is 8.53. The fraction of sp³-hybridized carbons (Fsp3) is 0.217. The summed E-state index contributed by atoms with van der Waals surface area (Å²) >= 11 is 1.50. The van der Waals surface area contributed by atoms with Crippen molar-refractivity contribution in [3.63, 3.8) is 0 Å². The van der Waals surface area contributed by atoms with Crippen LogP contribution in [0.15, 0.2) is 76.6 Å². The molecule has 0 fully saturated rings. The quantitative estimate of drug-likeness (QED) is 0.443. The Kier molecular flexibility index (Phi) is 5.83. The van der Waals surface area contributed by atoms with Gasteiger partial charge in [0.15, 0.2) is 14.6 Å². The van der Waals surface area contributed by atoms with E-state index in [2.05, 4.69) is 29.3 Å². The zero-order chi connectivity index (χ0) is 21.1. The van der Waals surface area contributed by atoms with Crippen molar-refractivity contribution in [3.8, 4) is 0 Å². The number of hydrogen-bond acceptors (Lipinski definition) is 4. The molecule has 0 N–H and O–H groups in total. The van der Waals surface area contributed by atoms with Crippen LogP contribution in [0.4, 0.5) is 0 Å². The fourth-order valence-electron chi connectivity index (χ4n) is 3.51. The molecule has 4 aromatic rings. The molecule has 0 spiro atoms. The van der Waals surface area contributed by atoms with Gasteiger partial charge in [-0.3, -0.25) is 4.79 Å². The van der Waals surface area contributed by atoms with Crippen LogP contribution < -0.4 is 4.80 Å². The predicted octanol–water partition coefficient (Wildman–Crippen LogP) is 4.56. The van der Waals surface area contributed by atoms with E-state index in [1.165, 1.54) is 11.3 Å². The lowest BCUT2D eigenvalue weighted by molar-refractivity contribution is -0.118. The number of rotatable bonds is 6. The molecule has 3 aromatic carbocycles. The van der Waals surface area contributed by atoms with Crippen LogP contribution in [0, 0.1) is 0 Å². The third-order valence-corrected chi connectivity index (χ3v) is 7.96. The first-order valence-corrected chi connectivity index (χ1v) is 12.3. The van der Waals surface area contributed by atoms with Gasteiger partial charge >= 0.3 is 0 Å². The van der Waals surface area contributed by atoms with Crippen LogP contribution in [-0.4, -0.2) is 24.6 Å². The second-order valence-corrected chi connectivity index (χ2v) is 10.1. The van der Waals surface area contributed by atoms with Gasteiger partial charge in [0.2, 0.25) is 5.91 Å². The molecule has 7 heteroatoms. The Hall–Kier alpha value is -2.77. The lowest BCUT2D eigenvalue weighted by atomic mass is 10.1. The number of sulfone groups is 1. The average molecular weight is 439 g/mol. The molecule has 30 heavy (non-hydrogen) atoms. The molecule has 0 aliphatic rings. The van der Waals surface area contributed by atoms with Gasteiger partial charge in [0.25, 0.3) is 0 Å². The molecule has 0 saturated heterocycles. The van der Waals surface area contributed by atoms with Crippen LogP contribution in [0.1, 0.15) is 19.8 Å². The number of aryl methyl sites for hydroxylation is 1. The Labute approximate surface area is 179 Å². The zero-order valence-corrected chi connectivity index (χ0v) is 18.2. The molecular formula is C23H22N2O3S2. The molecular weight excluding hydrogens is 416 g/mol. The third-order valence-electron chi connectivity index (χ3n) is 5.02. The van der Waals surface area contributed by atoms with Crippen molar-refractivity contribution in [1.82, 2.24) is 4.57 Å². The SMILES string of the molecule is CCn1c(=NC(=O)CCCS(=O)(=O)c2ccccc2)sc2c3ccccc3ccc21. The molecule has 1 aromatic heterocycles. The molecule has 1 amide bonds. The summed E-state index contributed by atoms with van der Waals surface area (Å²) in [7, 11) is -3.38. The van der Waals surface area contributed by atoms with Crippen LogP contribution in [0.3, 0.4) is 0 Å². The average Bonchev–Trinajstić information content (AvgIpc) is 3.11. The number of carbonyl (C=O) groups excluding carboxylic acids is 1. The van der Waals surface area contributed by atoms with Gasteiger partial charge < -0.3 is 4.57 Å². The monoisotopic (exact) mass is 438 g/mol. The van der Waals surface area contributed by atoms with E-state index >= 15 is 0 Å². The van der Waals surface area contributed by atoms with E-state index in [9.17, 15) is 13.2 Å². The van der Waals surface area contributed by atoms with E-state index < -0.39 is 9.84 Å². The number of benzene rings is 3. The molecule has 0 aliphatic carbocycles. The minimum atomic E-state index is -3.38. The highest BCUT2D eigenvalue weighted by molar-refractivity contribution is 7.91. The highest BCUT2D eigenvalue weighted by atomic mass is 32.2. The number of amides is 1. The van der Waals surface area contributed by atoms with Crippen molar-refractivity contribution < 1.29 is 13.2 Å². The standard InChI is InChI=1S/C23H22N2O3S2/c1-2-25-20-15-14-17-9-6-7-12-19(17)22(20)29-23(25)24-21(26)13-8-16-30(27,28)18-10-4-3-5-11-18/h3-7,9-12,14-15H,2,8,13,16H2,1H3. The summed E-state index contributed by atoms with van der Waals surface area (Å²) in [5.74, 6) is -0.361. The lowest BCUT2D eigenvalue weighted by Gasteiger charge is -2.03. The number of nitrogens with zero attached hydrogens (tertiary/aromatic N) is 2. The fourth-order valence-corrected chi connectivity index (χ4v) is 6.09. The van der Waals surface area contributed by atoms with Crippen molar-refractivity contribution in [2.75, 3.05) is 5.75 Å². The minimum absolute atomic E-state index is 0.0664. The summed E-state index contributed by atoms with van der Waals surface area (Å²) in [5.41, 5.74) is 1.06. The summed E-state index contributed by atoms with van der Waals surface area (Å²) in [4.78, 5) is 17.7. The number of hydrogen-bond donors (Lipinski definition) is 0. The normalized spacial score (nSPS) is 12.6. The van der Waals surface area contributed by atoms with Crippen LogP contribution >= 0.6 is 11.3 Å². The Balaban J connectivity index is 1.57. The van der Waals surface area contributed by atoms with E-state index in [-0.39, 0.29) is 29.4 Å². The Bertz CT molecular complexity index is 1380. The van der Waals surface area contributed by atoms with E-state index in [4.69, 9.17) is 0 Å². The van der Waals surface area contributed by atoms with Crippen LogP contribution in [-0.2, 0) is 21.2 Å².